The van der Waals surface area contributed by atoms with Gasteiger partial charge in [-0.15, -0.1) is 0 Å². The van der Waals surface area contributed by atoms with Gasteiger partial charge in [-0.25, -0.2) is 4.90 Å². The molecule has 20 heavy (non-hydrogen) atoms. The average Bonchev–Trinajstić information content (AvgIpc) is 2.74. The van der Waals surface area contributed by atoms with E-state index in [1.165, 1.54) is 4.90 Å². The Morgan fingerprint density at radius 3 is 2.65 bits per heavy atom. The van der Waals surface area contributed by atoms with E-state index in [1.54, 1.807) is 31.4 Å². The minimum absolute atomic E-state index is 0.0596. The third kappa shape index (κ3) is 2.97. The minimum atomic E-state index is -0.504. The fraction of sp³-hybridized carbons (Fsp3) is 0.429. The number of methoxy groups -OCH3 is 1. The van der Waals surface area contributed by atoms with Crippen molar-refractivity contribution >= 4 is 17.5 Å². The number of aliphatic hydroxyl groups is 1. The van der Waals surface area contributed by atoms with Crippen LogP contribution in [0.3, 0.4) is 0 Å². The predicted molar refractivity (Wildman–Crippen MR) is 73.6 cm³/mol. The van der Waals surface area contributed by atoms with Gasteiger partial charge in [-0.3, -0.25) is 9.59 Å². The molecule has 2 amide bonds. The fourth-order valence-electron chi connectivity index (χ4n) is 2.15. The summed E-state index contributed by atoms with van der Waals surface area (Å²) >= 11 is 0. The first-order valence-corrected chi connectivity index (χ1v) is 6.52. The second-order valence-corrected chi connectivity index (χ2v) is 4.55. The first kappa shape index (κ1) is 14.5. The highest BCUT2D eigenvalue weighted by atomic mass is 16.5. The highest BCUT2D eigenvalue weighted by Gasteiger charge is 2.39. The zero-order valence-electron chi connectivity index (χ0n) is 11.3. The zero-order chi connectivity index (χ0) is 14.5. The fourth-order valence-corrected chi connectivity index (χ4v) is 2.15. The lowest BCUT2D eigenvalue weighted by molar-refractivity contribution is -0.121. The van der Waals surface area contributed by atoms with Crippen molar-refractivity contribution in [2.45, 2.75) is 18.9 Å². The maximum atomic E-state index is 12.2. The number of ether oxygens (including phenoxy) is 1. The average molecular weight is 278 g/mol. The quantitative estimate of drug-likeness (QED) is 0.578. The molecule has 2 N–H and O–H groups in total. The number of aliphatic hydroxyl groups excluding tert-OH is 1. The van der Waals surface area contributed by atoms with Crippen molar-refractivity contribution < 1.29 is 19.4 Å². The van der Waals surface area contributed by atoms with Crippen LogP contribution in [-0.2, 0) is 9.59 Å². The van der Waals surface area contributed by atoms with Crippen LogP contribution in [0.25, 0.3) is 0 Å². The summed E-state index contributed by atoms with van der Waals surface area (Å²) in [6, 6.07) is 6.29. The lowest BCUT2D eigenvalue weighted by Crippen LogP contribution is -2.39. The number of nitrogens with zero attached hydrogens (tertiary/aromatic N) is 1. The molecular weight excluding hydrogens is 260 g/mol. The number of carbonyl (C=O) groups is 2. The summed E-state index contributed by atoms with van der Waals surface area (Å²) in [4.78, 5) is 25.4. The minimum Gasteiger partial charge on any atom is -0.497 e. The molecule has 1 saturated heterocycles. The number of amides is 2. The van der Waals surface area contributed by atoms with Crippen molar-refractivity contribution in [3.05, 3.63) is 24.3 Å². The smallest absolute Gasteiger partial charge is 0.251 e. The Bertz CT molecular complexity index is 486. The van der Waals surface area contributed by atoms with Gasteiger partial charge in [-0.2, -0.15) is 0 Å². The summed E-state index contributed by atoms with van der Waals surface area (Å²) in [5.41, 5.74) is 0.548. The Morgan fingerprint density at radius 2 is 2.05 bits per heavy atom. The van der Waals surface area contributed by atoms with Gasteiger partial charge in [-0.05, 0) is 37.2 Å². The van der Waals surface area contributed by atoms with E-state index in [2.05, 4.69) is 5.32 Å². The SMILES string of the molecule is COc1ccc(N2C(=O)C[C@H](NCCCO)C2=O)cc1. The summed E-state index contributed by atoms with van der Waals surface area (Å²) < 4.78 is 5.05. The van der Waals surface area contributed by atoms with Crippen molar-refractivity contribution in [2.24, 2.45) is 0 Å². The number of anilines is 1. The highest BCUT2D eigenvalue weighted by Crippen LogP contribution is 2.25. The molecule has 0 unspecified atom stereocenters. The molecule has 0 saturated carbocycles. The van der Waals surface area contributed by atoms with Gasteiger partial charge in [0.05, 0.1) is 25.3 Å². The second kappa shape index (κ2) is 6.49. The van der Waals surface area contributed by atoms with Crippen LogP contribution in [-0.4, -0.2) is 43.2 Å². The Morgan fingerprint density at radius 1 is 1.35 bits per heavy atom. The second-order valence-electron chi connectivity index (χ2n) is 4.55. The summed E-state index contributed by atoms with van der Waals surface area (Å²) in [5.74, 6) is 0.199. The van der Waals surface area contributed by atoms with Gasteiger partial charge < -0.3 is 15.2 Å². The predicted octanol–water partition coefficient (Wildman–Crippen LogP) is 0.299. The molecule has 6 nitrogen and oxygen atoms in total. The van der Waals surface area contributed by atoms with Crippen molar-refractivity contribution in [1.82, 2.24) is 5.32 Å². The maximum Gasteiger partial charge on any atom is 0.251 e. The Balaban J connectivity index is 2.07. The van der Waals surface area contributed by atoms with Gasteiger partial charge >= 0.3 is 0 Å². The number of nitrogens with one attached hydrogen (secondary N) is 1. The monoisotopic (exact) mass is 278 g/mol. The molecule has 1 aromatic carbocycles. The number of rotatable bonds is 6. The molecule has 1 atom stereocenters. The molecule has 1 aliphatic rings. The van der Waals surface area contributed by atoms with Crippen molar-refractivity contribution in [1.29, 1.82) is 0 Å². The molecule has 0 bridgehead atoms. The molecule has 0 spiro atoms. The van der Waals surface area contributed by atoms with Crippen molar-refractivity contribution in [3.8, 4) is 5.75 Å². The van der Waals surface area contributed by atoms with Crippen LogP contribution >= 0.6 is 0 Å². The molecule has 1 fully saturated rings. The number of carbonyl (C=O) groups excluding carboxylic acids is 2. The molecule has 1 aliphatic heterocycles. The van der Waals surface area contributed by atoms with Gasteiger partial charge in [0.15, 0.2) is 0 Å². The summed E-state index contributed by atoms with van der Waals surface area (Å²) in [6.45, 7) is 0.570. The molecule has 0 radical (unpaired) electrons. The molecule has 0 aliphatic carbocycles. The van der Waals surface area contributed by atoms with Gasteiger partial charge in [0.1, 0.15) is 5.75 Å². The van der Waals surface area contributed by atoms with Crippen LogP contribution < -0.4 is 15.0 Å². The van der Waals surface area contributed by atoms with E-state index in [4.69, 9.17) is 9.84 Å². The van der Waals surface area contributed by atoms with E-state index >= 15 is 0 Å². The summed E-state index contributed by atoms with van der Waals surface area (Å²) in [7, 11) is 1.56. The number of hydrogen-bond acceptors (Lipinski definition) is 5. The van der Waals surface area contributed by atoms with Gasteiger partial charge in [0.25, 0.3) is 5.91 Å². The number of hydrogen-bond donors (Lipinski definition) is 2. The van der Waals surface area contributed by atoms with Crippen molar-refractivity contribution in [3.63, 3.8) is 0 Å². The third-order valence-electron chi connectivity index (χ3n) is 3.20. The standard InChI is InChI=1S/C14H18N2O4/c1-20-11-5-3-10(4-6-11)16-13(18)9-12(14(16)19)15-7-2-8-17/h3-6,12,15,17H,2,7-9H2,1H3/t12-/m0/s1. The lowest BCUT2D eigenvalue weighted by atomic mass is 10.2. The first-order chi connectivity index (χ1) is 9.67. The topological polar surface area (TPSA) is 78.9 Å². The molecule has 1 aromatic rings. The zero-order valence-corrected chi connectivity index (χ0v) is 11.3. The number of benzene rings is 1. The highest BCUT2D eigenvalue weighted by molar-refractivity contribution is 6.22. The van der Waals surface area contributed by atoms with E-state index in [0.717, 1.165) is 0 Å². The molecule has 108 valence electrons. The van der Waals surface area contributed by atoms with Crippen LogP contribution in [0.15, 0.2) is 24.3 Å². The molecule has 1 heterocycles. The van der Waals surface area contributed by atoms with Crippen LogP contribution in [0.5, 0.6) is 5.75 Å². The summed E-state index contributed by atoms with van der Waals surface area (Å²) in [5, 5.41) is 11.7. The first-order valence-electron chi connectivity index (χ1n) is 6.52. The van der Waals surface area contributed by atoms with Crippen LogP contribution in [0.2, 0.25) is 0 Å². The molecular formula is C14H18N2O4. The molecule has 0 aromatic heterocycles. The van der Waals surface area contributed by atoms with Crippen LogP contribution in [0, 0.1) is 0 Å². The van der Waals surface area contributed by atoms with Crippen LogP contribution in [0.4, 0.5) is 5.69 Å². The van der Waals surface area contributed by atoms with Gasteiger partial charge in [-0.1, -0.05) is 0 Å². The van der Waals surface area contributed by atoms with Crippen molar-refractivity contribution in [2.75, 3.05) is 25.2 Å². The normalized spacial score (nSPS) is 18.7. The number of imide groups is 1. The van der Waals surface area contributed by atoms with Gasteiger partial charge in [0.2, 0.25) is 5.91 Å². The van der Waals surface area contributed by atoms with Crippen LogP contribution in [0.1, 0.15) is 12.8 Å². The third-order valence-corrected chi connectivity index (χ3v) is 3.20. The van der Waals surface area contributed by atoms with E-state index in [9.17, 15) is 9.59 Å². The van der Waals surface area contributed by atoms with E-state index in [-0.39, 0.29) is 24.8 Å². The Labute approximate surface area is 117 Å². The summed E-state index contributed by atoms with van der Waals surface area (Å²) in [6.07, 6.45) is 0.705. The Kier molecular flexibility index (Phi) is 4.70. The van der Waals surface area contributed by atoms with E-state index in [0.29, 0.717) is 24.4 Å². The lowest BCUT2D eigenvalue weighted by Gasteiger charge is -2.15. The maximum absolute atomic E-state index is 12.2. The molecule has 2 rings (SSSR count). The Hall–Kier alpha value is -1.92. The molecule has 6 heteroatoms. The largest absolute Gasteiger partial charge is 0.497 e. The van der Waals surface area contributed by atoms with E-state index in [1.807, 2.05) is 0 Å². The van der Waals surface area contributed by atoms with Gasteiger partial charge in [0, 0.05) is 6.61 Å². The van der Waals surface area contributed by atoms with E-state index < -0.39 is 6.04 Å².